The van der Waals surface area contributed by atoms with Gasteiger partial charge in [0.15, 0.2) is 0 Å². The Morgan fingerprint density at radius 2 is 1.15 bits per heavy atom. The fourth-order valence-corrected chi connectivity index (χ4v) is 8.77. The summed E-state index contributed by atoms with van der Waals surface area (Å²) >= 11 is 7.49. The smallest absolute Gasteiger partial charge is 0.172 e. The molecular weight excluding hydrogens is 858 g/mol. The minimum absolute atomic E-state index is 0. The Kier molecular flexibility index (Phi) is 15.5. The van der Waals surface area contributed by atoms with Crippen LogP contribution in [-0.2, 0) is 41.5 Å². The summed E-state index contributed by atoms with van der Waals surface area (Å²) in [5, 5.41) is 3.37. The molecule has 0 aromatic heterocycles. The van der Waals surface area contributed by atoms with E-state index in [0.29, 0.717) is 0 Å². The molecular formula is C55H49Cl3Zr-2. The molecule has 4 heteroatoms. The quantitative estimate of drug-likeness (QED) is 0.155. The zero-order chi connectivity index (χ0) is 40.2. The van der Waals surface area contributed by atoms with E-state index in [1.165, 1.54) is 105 Å². The van der Waals surface area contributed by atoms with Crippen molar-refractivity contribution in [2.75, 3.05) is 0 Å². The van der Waals surface area contributed by atoms with E-state index in [2.05, 4.69) is 175 Å². The third kappa shape index (κ3) is 10.8. The van der Waals surface area contributed by atoms with E-state index < -0.39 is 0 Å². The van der Waals surface area contributed by atoms with E-state index in [1.54, 1.807) is 0 Å². The molecule has 0 saturated heterocycles. The first-order valence-electron chi connectivity index (χ1n) is 19.8. The molecule has 8 aromatic carbocycles. The Morgan fingerprint density at radius 3 is 1.76 bits per heavy atom. The maximum Gasteiger partial charge on any atom is -0.172 e. The van der Waals surface area contributed by atoms with Crippen molar-refractivity contribution < 1.29 is 49.0 Å². The molecule has 0 amide bonds. The Morgan fingerprint density at radius 1 is 0.576 bits per heavy atom. The normalized spacial score (nSPS) is 11.4. The molecule has 0 saturated carbocycles. The maximum absolute atomic E-state index is 6.09. The minimum Gasteiger partial charge on any atom is -1.00 e. The van der Waals surface area contributed by atoms with Crippen LogP contribution in [-0.4, -0.2) is 3.21 Å². The van der Waals surface area contributed by atoms with Crippen molar-refractivity contribution in [3.8, 4) is 33.4 Å². The van der Waals surface area contributed by atoms with Crippen LogP contribution in [0.2, 0.25) is 5.02 Å². The standard InChI is InChI=1S/C33H33.C17H11Cl.C5H5.2ClH.Zr/c1-32(2,3)30-20-26-24(18-28(30)22-13-9-7-10-14-22)17-25-19-29(23-15-11-8-12-16-23)31(21-27(25)26)33(4,5)6;18-16-9-3-5-13(12-16)11-15-8-4-7-14-6-1-2-10-17(14)15;1-2-4-5-3-1;;;/h7-16,18,20-21H,17H2,1-6H3;1-10,12H;1-5H;2*1H;/q-1;;-1;;;+2/p-2. The van der Waals surface area contributed by atoms with Crippen molar-refractivity contribution in [2.24, 2.45) is 0 Å². The summed E-state index contributed by atoms with van der Waals surface area (Å²) in [7, 11) is 0. The number of rotatable bonds is 4. The Balaban J connectivity index is 0.000000214. The van der Waals surface area contributed by atoms with Gasteiger partial charge in [0.2, 0.25) is 0 Å². The van der Waals surface area contributed by atoms with Crippen molar-refractivity contribution in [1.29, 1.82) is 0 Å². The van der Waals surface area contributed by atoms with E-state index in [1.807, 2.05) is 48.5 Å². The van der Waals surface area contributed by atoms with E-state index in [-0.39, 0.29) is 35.6 Å². The molecule has 1 aliphatic carbocycles. The van der Waals surface area contributed by atoms with E-state index in [0.717, 1.165) is 11.4 Å². The summed E-state index contributed by atoms with van der Waals surface area (Å²) < 4.78 is 1.34. The van der Waals surface area contributed by atoms with E-state index in [4.69, 9.17) is 11.6 Å². The average molecular weight is 908 g/mol. The summed E-state index contributed by atoms with van der Waals surface area (Å²) in [6.45, 7) is 13.9. The molecule has 0 radical (unpaired) electrons. The number of fused-ring (bicyclic) bond motifs is 4. The summed E-state index contributed by atoms with van der Waals surface area (Å²) in [5.74, 6) is 0. The van der Waals surface area contributed by atoms with Gasteiger partial charge in [-0.05, 0) is 39.5 Å². The van der Waals surface area contributed by atoms with Crippen LogP contribution in [0.25, 0.3) is 44.2 Å². The van der Waals surface area contributed by atoms with Gasteiger partial charge in [-0.2, -0.15) is 18.2 Å². The van der Waals surface area contributed by atoms with Crippen LogP contribution >= 0.6 is 11.6 Å². The van der Waals surface area contributed by atoms with Crippen LogP contribution < -0.4 is 24.8 Å². The van der Waals surface area contributed by atoms with Crippen LogP contribution in [0.3, 0.4) is 0 Å². The molecule has 8 aromatic rings. The third-order valence-corrected chi connectivity index (χ3v) is 12.2. The van der Waals surface area contributed by atoms with Gasteiger partial charge in [-0.15, -0.1) is 28.8 Å². The Bertz CT molecular complexity index is 2500. The van der Waals surface area contributed by atoms with E-state index >= 15 is 0 Å². The SMILES string of the molecule is CC(C)(C)c1cc2c([c-]c1-c1ccccc1)Cc1cc(-c3ccccc3)c(C(C)(C)C)cc1-2.Clc1cccc([C](=[Zr+2])c2cccc3ccccc23)c1.[Cl-].[Cl-].c1cc[cH-]c1. The first-order valence-corrected chi connectivity index (χ1v) is 21.4. The van der Waals surface area contributed by atoms with Gasteiger partial charge in [-0.1, -0.05) is 131 Å². The van der Waals surface area contributed by atoms with Crippen molar-refractivity contribution >= 4 is 25.6 Å². The summed E-state index contributed by atoms with van der Waals surface area (Å²) in [5.41, 5.74) is 16.0. The molecule has 296 valence electrons. The van der Waals surface area contributed by atoms with E-state index in [9.17, 15) is 0 Å². The summed E-state index contributed by atoms with van der Waals surface area (Å²) in [4.78, 5) is 0. The third-order valence-electron chi connectivity index (χ3n) is 10.6. The fraction of sp³-hybridized carbons (Fsp3) is 0.164. The fourth-order valence-electron chi connectivity index (χ4n) is 7.67. The van der Waals surface area contributed by atoms with Crippen LogP contribution in [0.15, 0.2) is 176 Å². The van der Waals surface area contributed by atoms with Gasteiger partial charge in [0.25, 0.3) is 0 Å². The zero-order valence-corrected chi connectivity index (χ0v) is 39.3. The first-order chi connectivity index (χ1) is 27.4. The predicted molar refractivity (Wildman–Crippen MR) is 242 cm³/mol. The number of hydrogen-bond acceptors (Lipinski definition) is 0. The predicted octanol–water partition coefficient (Wildman–Crippen LogP) is 9.01. The van der Waals surface area contributed by atoms with Gasteiger partial charge in [-0.25, -0.2) is 12.1 Å². The van der Waals surface area contributed by atoms with Gasteiger partial charge in [-0.3, -0.25) is 0 Å². The molecule has 9 rings (SSSR count). The maximum atomic E-state index is 6.09. The van der Waals surface area contributed by atoms with Crippen molar-refractivity contribution in [1.82, 2.24) is 0 Å². The summed E-state index contributed by atoms with van der Waals surface area (Å²) in [6, 6.07) is 65.9. The molecule has 0 fully saturated rings. The van der Waals surface area contributed by atoms with Crippen LogP contribution in [0.4, 0.5) is 0 Å². The molecule has 0 nitrogen and oxygen atoms in total. The second-order valence-electron chi connectivity index (χ2n) is 16.8. The molecule has 0 atom stereocenters. The molecule has 1 aliphatic rings. The van der Waals surface area contributed by atoms with Gasteiger partial charge in [0.05, 0.1) is 0 Å². The minimum atomic E-state index is 0. The number of benzene rings is 7. The second kappa shape index (κ2) is 19.9. The monoisotopic (exact) mass is 904 g/mol. The first kappa shape index (κ1) is 45.9. The number of halogens is 3. The Labute approximate surface area is 384 Å². The topological polar surface area (TPSA) is 0 Å². The molecule has 59 heavy (non-hydrogen) atoms. The summed E-state index contributed by atoms with van der Waals surface area (Å²) in [6.07, 6.45) is 0.944. The number of hydrogen-bond donors (Lipinski definition) is 0. The van der Waals surface area contributed by atoms with Gasteiger partial charge < -0.3 is 24.8 Å². The molecule has 0 N–H and O–H groups in total. The van der Waals surface area contributed by atoms with Crippen molar-refractivity contribution in [3.05, 3.63) is 220 Å². The van der Waals surface area contributed by atoms with Crippen molar-refractivity contribution in [3.63, 3.8) is 0 Å². The largest absolute Gasteiger partial charge is 1.00 e. The average Bonchev–Trinajstić information content (AvgIpc) is 3.92. The van der Waals surface area contributed by atoms with Gasteiger partial charge in [0.1, 0.15) is 0 Å². The van der Waals surface area contributed by atoms with Crippen LogP contribution in [0, 0.1) is 6.07 Å². The molecule has 0 aliphatic heterocycles. The zero-order valence-electron chi connectivity index (χ0n) is 34.6. The van der Waals surface area contributed by atoms with Gasteiger partial charge in [0, 0.05) is 0 Å². The molecule has 0 spiro atoms. The van der Waals surface area contributed by atoms with Crippen LogP contribution in [0.5, 0.6) is 0 Å². The van der Waals surface area contributed by atoms with Gasteiger partial charge >= 0.3 is 133 Å². The van der Waals surface area contributed by atoms with Crippen molar-refractivity contribution in [2.45, 2.75) is 58.8 Å². The van der Waals surface area contributed by atoms with Crippen LogP contribution in [0.1, 0.15) is 74.9 Å². The Hall–Kier alpha value is -4.23. The molecule has 0 heterocycles. The second-order valence-corrected chi connectivity index (χ2v) is 18.5. The molecule has 0 bridgehead atoms. The molecule has 0 unspecified atom stereocenters.